The number of hydrogen-bond acceptors (Lipinski definition) is 3. The highest BCUT2D eigenvalue weighted by Gasteiger charge is 2.18. The summed E-state index contributed by atoms with van der Waals surface area (Å²) in [6.45, 7) is 8.45. The molecule has 22 heavy (non-hydrogen) atoms. The van der Waals surface area contributed by atoms with Gasteiger partial charge in [-0.1, -0.05) is 78.6 Å². The van der Waals surface area contributed by atoms with Gasteiger partial charge in [0.15, 0.2) is 0 Å². The van der Waals surface area contributed by atoms with Crippen molar-refractivity contribution in [2.75, 3.05) is 19.0 Å². The normalized spacial score (nSPS) is 11.0. The summed E-state index contributed by atoms with van der Waals surface area (Å²) in [6.07, 6.45) is 15.3. The Morgan fingerprint density at radius 3 is 1.50 bits per heavy atom. The standard InChI is InChI=1S/C18H39BO2S/c1-4-7-10-13-16-20-19(21-17-14-11-8-5-2)22-18-15-12-9-6-3/h4-18H2,1-3H3. The van der Waals surface area contributed by atoms with Crippen LogP contribution in [0.15, 0.2) is 0 Å². The number of hydrogen-bond donors (Lipinski definition) is 0. The van der Waals surface area contributed by atoms with Crippen molar-refractivity contribution < 1.29 is 9.31 Å². The second kappa shape index (κ2) is 19.4. The molecule has 0 unspecified atom stereocenters. The van der Waals surface area contributed by atoms with Gasteiger partial charge < -0.3 is 9.31 Å². The van der Waals surface area contributed by atoms with Crippen molar-refractivity contribution in [1.29, 1.82) is 0 Å². The van der Waals surface area contributed by atoms with Gasteiger partial charge in [-0.25, -0.2) is 0 Å². The van der Waals surface area contributed by atoms with Gasteiger partial charge in [-0.15, -0.1) is 11.6 Å². The highest BCUT2D eigenvalue weighted by molar-refractivity contribution is 8.24. The smallest absolute Gasteiger partial charge is 0.402 e. The Kier molecular flexibility index (Phi) is 19.7. The fraction of sp³-hybridized carbons (Fsp3) is 1.00. The summed E-state index contributed by atoms with van der Waals surface area (Å²) < 4.78 is 11.9. The van der Waals surface area contributed by atoms with Gasteiger partial charge in [-0.3, -0.25) is 0 Å². The van der Waals surface area contributed by atoms with Gasteiger partial charge in [0.1, 0.15) is 0 Å². The predicted octanol–water partition coefficient (Wildman–Crippen LogP) is 6.48. The summed E-state index contributed by atoms with van der Waals surface area (Å²) >= 11 is 1.86. The molecule has 0 heterocycles. The molecule has 0 aromatic carbocycles. The minimum absolute atomic E-state index is 0.0371. The maximum absolute atomic E-state index is 5.94. The predicted molar refractivity (Wildman–Crippen MR) is 103 cm³/mol. The van der Waals surface area contributed by atoms with Crippen molar-refractivity contribution in [3.05, 3.63) is 0 Å². The summed E-state index contributed by atoms with van der Waals surface area (Å²) in [5.74, 6) is 1.16. The van der Waals surface area contributed by atoms with Gasteiger partial charge in [-0.05, 0) is 25.0 Å². The highest BCUT2D eigenvalue weighted by Crippen LogP contribution is 2.15. The van der Waals surface area contributed by atoms with E-state index < -0.39 is 0 Å². The average molecular weight is 330 g/mol. The van der Waals surface area contributed by atoms with Crippen molar-refractivity contribution in [1.82, 2.24) is 0 Å². The van der Waals surface area contributed by atoms with Gasteiger partial charge >= 0.3 is 6.40 Å². The lowest BCUT2D eigenvalue weighted by Crippen LogP contribution is -2.21. The van der Waals surface area contributed by atoms with E-state index in [1.54, 1.807) is 0 Å². The minimum atomic E-state index is -0.0371. The van der Waals surface area contributed by atoms with Crippen LogP contribution in [0.1, 0.15) is 97.8 Å². The van der Waals surface area contributed by atoms with E-state index in [0.29, 0.717) is 0 Å². The van der Waals surface area contributed by atoms with E-state index in [0.717, 1.165) is 19.0 Å². The zero-order valence-corrected chi connectivity index (χ0v) is 16.2. The lowest BCUT2D eigenvalue weighted by molar-refractivity contribution is 0.207. The molecule has 0 bridgehead atoms. The summed E-state index contributed by atoms with van der Waals surface area (Å²) in [6, 6.07) is 0. The molecule has 0 aromatic heterocycles. The monoisotopic (exact) mass is 330 g/mol. The second-order valence-corrected chi connectivity index (χ2v) is 7.21. The summed E-state index contributed by atoms with van der Waals surface area (Å²) in [5.41, 5.74) is 0. The van der Waals surface area contributed by atoms with E-state index in [2.05, 4.69) is 20.8 Å². The van der Waals surface area contributed by atoms with Crippen LogP contribution in [-0.2, 0) is 9.31 Å². The summed E-state index contributed by atoms with van der Waals surface area (Å²) in [7, 11) is 0. The van der Waals surface area contributed by atoms with Crippen LogP contribution in [0.4, 0.5) is 0 Å². The lowest BCUT2D eigenvalue weighted by Gasteiger charge is -2.14. The molecule has 0 aliphatic carbocycles. The first kappa shape index (κ1) is 22.3. The molecule has 0 saturated heterocycles. The van der Waals surface area contributed by atoms with E-state index in [4.69, 9.17) is 9.31 Å². The van der Waals surface area contributed by atoms with Crippen molar-refractivity contribution in [2.24, 2.45) is 0 Å². The average Bonchev–Trinajstić information content (AvgIpc) is 2.53. The second-order valence-electron chi connectivity index (χ2n) is 6.08. The number of unbranched alkanes of at least 4 members (excludes halogenated alkanes) is 9. The zero-order valence-electron chi connectivity index (χ0n) is 15.4. The molecule has 0 aliphatic heterocycles. The lowest BCUT2D eigenvalue weighted by atomic mass is 10.2. The van der Waals surface area contributed by atoms with E-state index in [1.807, 2.05) is 11.6 Å². The molecule has 2 nitrogen and oxygen atoms in total. The quantitative estimate of drug-likeness (QED) is 0.212. The zero-order chi connectivity index (χ0) is 16.3. The molecule has 4 heteroatoms. The minimum Gasteiger partial charge on any atom is -0.402 e. The topological polar surface area (TPSA) is 18.5 Å². The Morgan fingerprint density at radius 2 is 1.05 bits per heavy atom. The third-order valence-electron chi connectivity index (χ3n) is 3.76. The molecule has 132 valence electrons. The Balaban J connectivity index is 3.72. The van der Waals surface area contributed by atoms with Crippen molar-refractivity contribution in [3.8, 4) is 0 Å². The first-order chi connectivity index (χ1) is 10.8. The molecule has 0 rings (SSSR count). The fourth-order valence-corrected chi connectivity index (χ4v) is 3.22. The van der Waals surface area contributed by atoms with Crippen molar-refractivity contribution >= 4 is 18.0 Å². The van der Waals surface area contributed by atoms with Gasteiger partial charge in [0.25, 0.3) is 0 Å². The summed E-state index contributed by atoms with van der Waals surface area (Å²) in [4.78, 5) is 0. The van der Waals surface area contributed by atoms with Crippen LogP contribution in [0.25, 0.3) is 0 Å². The molecule has 0 fully saturated rings. The van der Waals surface area contributed by atoms with Gasteiger partial charge in [0.2, 0.25) is 0 Å². The Bertz CT molecular complexity index is 172. The Labute approximate surface area is 144 Å². The van der Waals surface area contributed by atoms with Crippen LogP contribution < -0.4 is 0 Å². The summed E-state index contributed by atoms with van der Waals surface area (Å²) in [5, 5.41) is 0. The third-order valence-corrected chi connectivity index (χ3v) is 4.82. The fourth-order valence-electron chi connectivity index (χ4n) is 2.27. The highest BCUT2D eigenvalue weighted by atomic mass is 32.2. The molecular formula is C18H39BO2S. The van der Waals surface area contributed by atoms with Gasteiger partial charge in [0, 0.05) is 13.2 Å². The molecule has 0 aliphatic rings. The third kappa shape index (κ3) is 16.7. The van der Waals surface area contributed by atoms with Crippen LogP contribution in [0.2, 0.25) is 0 Å². The molecule has 0 spiro atoms. The van der Waals surface area contributed by atoms with Gasteiger partial charge in [0.05, 0.1) is 0 Å². The maximum Gasteiger partial charge on any atom is 0.531 e. The van der Waals surface area contributed by atoms with Crippen LogP contribution in [0.5, 0.6) is 0 Å². The molecule has 0 saturated carbocycles. The van der Waals surface area contributed by atoms with Crippen LogP contribution in [0.3, 0.4) is 0 Å². The molecular weight excluding hydrogens is 291 g/mol. The molecule has 0 radical (unpaired) electrons. The molecule has 0 amide bonds. The van der Waals surface area contributed by atoms with Crippen LogP contribution in [0, 0.1) is 0 Å². The van der Waals surface area contributed by atoms with E-state index >= 15 is 0 Å². The Morgan fingerprint density at radius 1 is 0.591 bits per heavy atom. The van der Waals surface area contributed by atoms with Crippen LogP contribution in [-0.4, -0.2) is 25.4 Å². The first-order valence-corrected chi connectivity index (χ1v) is 10.7. The maximum atomic E-state index is 5.94. The molecule has 0 atom stereocenters. The van der Waals surface area contributed by atoms with E-state index in [1.165, 1.54) is 77.0 Å². The number of rotatable bonds is 18. The van der Waals surface area contributed by atoms with Crippen molar-refractivity contribution in [2.45, 2.75) is 97.8 Å². The largest absolute Gasteiger partial charge is 0.531 e. The molecule has 0 N–H and O–H groups in total. The SMILES string of the molecule is CCCCCCOB(OCCCCCC)SCCCCCC. The first-order valence-electron chi connectivity index (χ1n) is 9.69. The van der Waals surface area contributed by atoms with Gasteiger partial charge in [-0.2, -0.15) is 0 Å². The van der Waals surface area contributed by atoms with Crippen molar-refractivity contribution in [3.63, 3.8) is 0 Å². The van der Waals surface area contributed by atoms with Crippen LogP contribution >= 0.6 is 11.6 Å². The molecule has 0 aromatic rings. The van der Waals surface area contributed by atoms with E-state index in [9.17, 15) is 0 Å². The Hall–Kier alpha value is 0.335. The van der Waals surface area contributed by atoms with E-state index in [-0.39, 0.29) is 6.40 Å².